The number of methoxy groups -OCH3 is 3. The van der Waals surface area contributed by atoms with Crippen LogP contribution in [0.5, 0.6) is 17.2 Å². The van der Waals surface area contributed by atoms with E-state index < -0.39 is 5.63 Å². The number of carbonyl (C=O) groups is 1. The lowest BCUT2D eigenvalue weighted by Gasteiger charge is -2.14. The second-order valence-electron chi connectivity index (χ2n) is 6.93. The molecule has 7 heteroatoms. The van der Waals surface area contributed by atoms with Crippen LogP contribution in [0.1, 0.15) is 10.4 Å². The van der Waals surface area contributed by atoms with Gasteiger partial charge in [-0.1, -0.05) is 30.3 Å². The van der Waals surface area contributed by atoms with Crippen molar-refractivity contribution < 1.29 is 23.4 Å². The molecule has 0 aliphatic heterocycles. The molecule has 0 bridgehead atoms. The van der Waals surface area contributed by atoms with Gasteiger partial charge in [-0.05, 0) is 42.0 Å². The monoisotopic (exact) mass is 431 g/mol. The van der Waals surface area contributed by atoms with Gasteiger partial charge in [0.15, 0.2) is 11.5 Å². The Balaban J connectivity index is 1.59. The number of ether oxygens (including phenoxy) is 3. The van der Waals surface area contributed by atoms with Gasteiger partial charge in [-0.25, -0.2) is 4.79 Å². The Kier molecular flexibility index (Phi) is 5.81. The number of carbonyl (C=O) groups excluding carboxylic acids is 1. The highest BCUT2D eigenvalue weighted by Gasteiger charge is 2.17. The van der Waals surface area contributed by atoms with Crippen LogP contribution >= 0.6 is 0 Å². The lowest BCUT2D eigenvalue weighted by Crippen LogP contribution is -2.12. The predicted octanol–water partition coefficient (Wildman–Crippen LogP) is 4.74. The zero-order valence-corrected chi connectivity index (χ0v) is 17.8. The molecule has 0 fully saturated rings. The van der Waals surface area contributed by atoms with Gasteiger partial charge >= 0.3 is 5.63 Å². The fourth-order valence-electron chi connectivity index (χ4n) is 3.41. The van der Waals surface area contributed by atoms with Crippen molar-refractivity contribution in [3.8, 4) is 28.4 Å². The van der Waals surface area contributed by atoms with Crippen LogP contribution in [0.3, 0.4) is 0 Å². The van der Waals surface area contributed by atoms with E-state index in [1.54, 1.807) is 48.5 Å². The van der Waals surface area contributed by atoms with E-state index in [4.69, 9.17) is 18.6 Å². The fraction of sp³-hybridized carbons (Fsp3) is 0.120. The van der Waals surface area contributed by atoms with Crippen LogP contribution in [0.2, 0.25) is 0 Å². The molecule has 7 nitrogen and oxygen atoms in total. The van der Waals surface area contributed by atoms with Gasteiger partial charge in [0.2, 0.25) is 5.75 Å². The Bertz CT molecular complexity index is 1320. The number of hydrogen-bond donors (Lipinski definition) is 1. The van der Waals surface area contributed by atoms with E-state index in [-0.39, 0.29) is 5.91 Å². The van der Waals surface area contributed by atoms with Crippen molar-refractivity contribution in [1.82, 2.24) is 0 Å². The standard InChI is InChI=1S/C25H21NO6/c1-29-21-13-17(14-22(30-2)23(21)31-3)24(27)26-18-10-8-15(9-11-18)19-12-16-6-4-5-7-20(16)32-25(19)28/h4-14H,1-3H3,(H,26,27). The molecule has 0 spiro atoms. The minimum Gasteiger partial charge on any atom is -0.493 e. The zero-order chi connectivity index (χ0) is 22.7. The smallest absolute Gasteiger partial charge is 0.344 e. The number of rotatable bonds is 6. The van der Waals surface area contributed by atoms with E-state index in [0.29, 0.717) is 45.2 Å². The first-order valence-electron chi connectivity index (χ1n) is 9.78. The Morgan fingerprint density at radius 1 is 0.844 bits per heavy atom. The number of fused-ring (bicyclic) bond motifs is 1. The Morgan fingerprint density at radius 3 is 2.12 bits per heavy atom. The SMILES string of the molecule is COc1cc(C(=O)Nc2ccc(-c3cc4ccccc4oc3=O)cc2)cc(OC)c1OC. The third kappa shape index (κ3) is 4.00. The first kappa shape index (κ1) is 21.0. The average Bonchev–Trinajstić information content (AvgIpc) is 2.83. The van der Waals surface area contributed by atoms with Crippen LogP contribution in [-0.4, -0.2) is 27.2 Å². The number of nitrogens with one attached hydrogen (secondary N) is 1. The van der Waals surface area contributed by atoms with Crippen molar-refractivity contribution in [2.24, 2.45) is 0 Å². The molecule has 1 N–H and O–H groups in total. The number of amides is 1. The van der Waals surface area contributed by atoms with E-state index in [9.17, 15) is 9.59 Å². The van der Waals surface area contributed by atoms with Crippen molar-refractivity contribution in [3.63, 3.8) is 0 Å². The summed E-state index contributed by atoms with van der Waals surface area (Å²) in [4.78, 5) is 25.2. The lowest BCUT2D eigenvalue weighted by atomic mass is 10.1. The highest BCUT2D eigenvalue weighted by atomic mass is 16.5. The van der Waals surface area contributed by atoms with Crippen LogP contribution in [0, 0.1) is 0 Å². The van der Waals surface area contributed by atoms with Gasteiger partial charge in [-0.2, -0.15) is 0 Å². The van der Waals surface area contributed by atoms with E-state index in [1.165, 1.54) is 21.3 Å². The molecular formula is C25H21NO6. The van der Waals surface area contributed by atoms with E-state index in [0.717, 1.165) is 5.39 Å². The summed E-state index contributed by atoms with van der Waals surface area (Å²) in [6, 6.07) is 19.2. The summed E-state index contributed by atoms with van der Waals surface area (Å²) in [5.41, 5.74) is 2.17. The molecule has 1 heterocycles. The maximum Gasteiger partial charge on any atom is 0.344 e. The molecule has 0 aliphatic carbocycles. The Labute approximate surface area is 184 Å². The molecule has 162 valence electrons. The highest BCUT2D eigenvalue weighted by Crippen LogP contribution is 2.38. The maximum atomic E-state index is 12.8. The van der Waals surface area contributed by atoms with Crippen molar-refractivity contribution in [1.29, 1.82) is 0 Å². The lowest BCUT2D eigenvalue weighted by molar-refractivity contribution is 0.102. The summed E-state index contributed by atoms with van der Waals surface area (Å²) in [7, 11) is 4.47. The van der Waals surface area contributed by atoms with E-state index in [2.05, 4.69) is 5.32 Å². The molecule has 1 amide bonds. The first-order chi connectivity index (χ1) is 15.5. The molecule has 0 radical (unpaired) electrons. The number of anilines is 1. The minimum atomic E-state index is -0.419. The van der Waals surface area contributed by atoms with Crippen LogP contribution in [0.15, 0.2) is 75.9 Å². The zero-order valence-electron chi connectivity index (χ0n) is 17.8. The van der Waals surface area contributed by atoms with Gasteiger partial charge < -0.3 is 23.9 Å². The Hall–Kier alpha value is -4.26. The molecule has 4 aromatic rings. The van der Waals surface area contributed by atoms with Crippen molar-refractivity contribution in [2.75, 3.05) is 26.6 Å². The quantitative estimate of drug-likeness (QED) is 0.444. The van der Waals surface area contributed by atoms with Gasteiger partial charge in [0.05, 0.1) is 26.9 Å². The summed E-state index contributed by atoms with van der Waals surface area (Å²) in [6.45, 7) is 0. The predicted molar refractivity (Wildman–Crippen MR) is 122 cm³/mol. The highest BCUT2D eigenvalue weighted by molar-refractivity contribution is 6.05. The van der Waals surface area contributed by atoms with Crippen molar-refractivity contribution >= 4 is 22.6 Å². The fourth-order valence-corrected chi connectivity index (χ4v) is 3.41. The van der Waals surface area contributed by atoms with Gasteiger partial charge in [-0.3, -0.25) is 4.79 Å². The molecule has 0 atom stereocenters. The molecular weight excluding hydrogens is 410 g/mol. The number of para-hydroxylation sites is 1. The van der Waals surface area contributed by atoms with Gasteiger partial charge in [-0.15, -0.1) is 0 Å². The summed E-state index contributed by atoms with van der Waals surface area (Å²) >= 11 is 0. The van der Waals surface area contributed by atoms with E-state index >= 15 is 0 Å². The third-order valence-corrected chi connectivity index (χ3v) is 5.02. The molecule has 0 unspecified atom stereocenters. The summed E-state index contributed by atoms with van der Waals surface area (Å²) in [5, 5.41) is 3.66. The number of hydrogen-bond acceptors (Lipinski definition) is 6. The first-order valence-corrected chi connectivity index (χ1v) is 9.78. The molecule has 0 saturated heterocycles. The number of benzene rings is 3. The molecule has 1 aromatic heterocycles. The summed E-state index contributed by atoms with van der Waals surface area (Å²) in [6.07, 6.45) is 0. The van der Waals surface area contributed by atoms with Crippen LogP contribution in [0.4, 0.5) is 5.69 Å². The maximum absolute atomic E-state index is 12.8. The third-order valence-electron chi connectivity index (χ3n) is 5.02. The van der Waals surface area contributed by atoms with Gasteiger partial charge in [0.25, 0.3) is 5.91 Å². The topological polar surface area (TPSA) is 87.0 Å². The summed E-state index contributed by atoms with van der Waals surface area (Å²) < 4.78 is 21.3. The molecule has 0 saturated carbocycles. The molecule has 4 rings (SSSR count). The van der Waals surface area contributed by atoms with Gasteiger partial charge in [0.1, 0.15) is 5.58 Å². The van der Waals surface area contributed by atoms with Crippen molar-refractivity contribution in [3.05, 3.63) is 82.7 Å². The molecule has 0 aliphatic rings. The minimum absolute atomic E-state index is 0.345. The summed E-state index contributed by atoms with van der Waals surface area (Å²) in [5.74, 6) is 0.832. The Morgan fingerprint density at radius 2 is 1.50 bits per heavy atom. The molecule has 32 heavy (non-hydrogen) atoms. The van der Waals surface area contributed by atoms with Gasteiger partial charge in [0, 0.05) is 16.6 Å². The average molecular weight is 431 g/mol. The molecule has 3 aromatic carbocycles. The van der Waals surface area contributed by atoms with Crippen LogP contribution in [0.25, 0.3) is 22.1 Å². The normalized spacial score (nSPS) is 10.6. The van der Waals surface area contributed by atoms with Crippen LogP contribution < -0.4 is 25.2 Å². The second kappa shape index (κ2) is 8.85. The van der Waals surface area contributed by atoms with Crippen molar-refractivity contribution in [2.45, 2.75) is 0 Å². The second-order valence-corrected chi connectivity index (χ2v) is 6.93. The van der Waals surface area contributed by atoms with E-state index in [1.807, 2.05) is 18.2 Å². The van der Waals surface area contributed by atoms with Crippen LogP contribution in [-0.2, 0) is 0 Å². The largest absolute Gasteiger partial charge is 0.493 e.